The van der Waals surface area contributed by atoms with E-state index in [-0.39, 0.29) is 0 Å². The van der Waals surface area contributed by atoms with Crippen LogP contribution in [0.4, 0.5) is 0 Å². The van der Waals surface area contributed by atoms with Crippen molar-refractivity contribution < 1.29 is 30.6 Å². The summed E-state index contributed by atoms with van der Waals surface area (Å²) in [5.74, 6) is -2.23. The summed E-state index contributed by atoms with van der Waals surface area (Å²) in [5, 5.41) is 65.8. The SMILES string of the molecule is CC(O)C(O)C(C(O)C(O)c1ccccc1)C(c1ccccc1)C(O)C(O)c1ccccc1. The van der Waals surface area contributed by atoms with Crippen LogP contribution in [0.25, 0.3) is 0 Å². The zero-order valence-corrected chi connectivity index (χ0v) is 18.5. The summed E-state index contributed by atoms with van der Waals surface area (Å²) >= 11 is 0. The molecule has 0 amide bonds. The smallest absolute Gasteiger partial charge is 0.105 e. The van der Waals surface area contributed by atoms with Crippen molar-refractivity contribution in [2.45, 2.75) is 49.5 Å². The Morgan fingerprint density at radius 3 is 1.21 bits per heavy atom. The Labute approximate surface area is 194 Å². The zero-order chi connectivity index (χ0) is 24.0. The Morgan fingerprint density at radius 1 is 0.455 bits per heavy atom. The van der Waals surface area contributed by atoms with Crippen LogP contribution in [-0.4, -0.2) is 55.1 Å². The van der Waals surface area contributed by atoms with Crippen molar-refractivity contribution in [3.63, 3.8) is 0 Å². The van der Waals surface area contributed by atoms with Gasteiger partial charge in [-0.1, -0.05) is 91.0 Å². The van der Waals surface area contributed by atoms with Crippen LogP contribution in [0, 0.1) is 5.92 Å². The van der Waals surface area contributed by atoms with E-state index in [0.717, 1.165) is 0 Å². The summed E-state index contributed by atoms with van der Waals surface area (Å²) in [7, 11) is 0. The normalized spacial score (nSPS) is 19.0. The highest BCUT2D eigenvalue weighted by Crippen LogP contribution is 2.41. The lowest BCUT2D eigenvalue weighted by atomic mass is 9.71. The zero-order valence-electron chi connectivity index (χ0n) is 18.5. The lowest BCUT2D eigenvalue weighted by Crippen LogP contribution is -2.48. The summed E-state index contributed by atoms with van der Waals surface area (Å²) < 4.78 is 0. The molecule has 8 unspecified atom stereocenters. The molecule has 6 N–H and O–H groups in total. The lowest BCUT2D eigenvalue weighted by Gasteiger charge is -2.41. The molecule has 0 heterocycles. The Bertz CT molecular complexity index is 950. The standard InChI is InChI=1S/C27H32O6/c1-17(28)23(29)22(27(33)25(31)20-15-9-4-10-16-20)21(18-11-5-2-6-12-18)26(32)24(30)19-13-7-3-8-14-19/h2-17,21-33H,1H3. The molecule has 3 rings (SSSR count). The van der Waals surface area contributed by atoms with E-state index in [2.05, 4.69) is 0 Å². The van der Waals surface area contributed by atoms with E-state index in [1.54, 1.807) is 91.0 Å². The summed E-state index contributed by atoms with van der Waals surface area (Å²) in [6.07, 6.45) is -8.50. The topological polar surface area (TPSA) is 121 Å². The molecule has 0 aliphatic rings. The molecule has 0 saturated carbocycles. The van der Waals surface area contributed by atoms with E-state index >= 15 is 0 Å². The molecule has 0 aliphatic heterocycles. The van der Waals surface area contributed by atoms with Gasteiger partial charge in [0.25, 0.3) is 0 Å². The average Bonchev–Trinajstić information content (AvgIpc) is 2.86. The molecule has 33 heavy (non-hydrogen) atoms. The second-order valence-corrected chi connectivity index (χ2v) is 8.44. The molecule has 6 nitrogen and oxygen atoms in total. The largest absolute Gasteiger partial charge is 0.391 e. The first kappa shape index (κ1) is 25.1. The van der Waals surface area contributed by atoms with Crippen LogP contribution in [0.15, 0.2) is 91.0 Å². The second kappa shape index (κ2) is 11.5. The van der Waals surface area contributed by atoms with Gasteiger partial charge in [-0.05, 0) is 23.6 Å². The molecule has 3 aromatic rings. The molecule has 8 atom stereocenters. The van der Waals surface area contributed by atoms with Gasteiger partial charge in [-0.3, -0.25) is 0 Å². The number of hydrogen-bond donors (Lipinski definition) is 6. The fourth-order valence-corrected chi connectivity index (χ4v) is 4.37. The minimum Gasteiger partial charge on any atom is -0.391 e. The van der Waals surface area contributed by atoms with Crippen molar-refractivity contribution in [2.24, 2.45) is 5.92 Å². The number of benzene rings is 3. The number of rotatable bonds is 10. The molecule has 0 bridgehead atoms. The van der Waals surface area contributed by atoms with Crippen LogP contribution in [0.5, 0.6) is 0 Å². The average molecular weight is 453 g/mol. The maximum absolute atomic E-state index is 11.4. The fourth-order valence-electron chi connectivity index (χ4n) is 4.37. The quantitative estimate of drug-likeness (QED) is 0.281. The van der Waals surface area contributed by atoms with E-state index in [9.17, 15) is 30.6 Å². The molecule has 0 aliphatic carbocycles. The van der Waals surface area contributed by atoms with E-state index < -0.39 is 48.5 Å². The molecule has 0 aromatic heterocycles. The lowest BCUT2D eigenvalue weighted by molar-refractivity contribution is -0.123. The predicted octanol–water partition coefficient (Wildman–Crippen LogP) is 2.32. The first-order valence-electron chi connectivity index (χ1n) is 11.1. The van der Waals surface area contributed by atoms with Crippen molar-refractivity contribution >= 4 is 0 Å². The third-order valence-corrected chi connectivity index (χ3v) is 6.18. The second-order valence-electron chi connectivity index (χ2n) is 8.44. The maximum atomic E-state index is 11.4. The van der Waals surface area contributed by atoms with Gasteiger partial charge in [0.1, 0.15) is 12.2 Å². The highest BCUT2D eigenvalue weighted by atomic mass is 16.3. The van der Waals surface area contributed by atoms with Crippen molar-refractivity contribution in [3.8, 4) is 0 Å². The monoisotopic (exact) mass is 452 g/mol. The van der Waals surface area contributed by atoms with Gasteiger partial charge in [-0.15, -0.1) is 0 Å². The van der Waals surface area contributed by atoms with Gasteiger partial charge in [0.2, 0.25) is 0 Å². The number of hydrogen-bond acceptors (Lipinski definition) is 6. The third-order valence-electron chi connectivity index (χ3n) is 6.18. The highest BCUT2D eigenvalue weighted by Gasteiger charge is 2.45. The molecule has 0 saturated heterocycles. The first-order valence-corrected chi connectivity index (χ1v) is 11.1. The van der Waals surface area contributed by atoms with E-state index in [1.807, 2.05) is 0 Å². The van der Waals surface area contributed by atoms with Gasteiger partial charge < -0.3 is 30.6 Å². The van der Waals surface area contributed by atoms with Crippen LogP contribution in [0.1, 0.15) is 41.7 Å². The van der Waals surface area contributed by atoms with Gasteiger partial charge in [0.05, 0.1) is 24.4 Å². The van der Waals surface area contributed by atoms with Crippen molar-refractivity contribution in [3.05, 3.63) is 108 Å². The van der Waals surface area contributed by atoms with Gasteiger partial charge in [-0.2, -0.15) is 0 Å². The van der Waals surface area contributed by atoms with Crippen LogP contribution < -0.4 is 0 Å². The van der Waals surface area contributed by atoms with Gasteiger partial charge in [0, 0.05) is 11.8 Å². The van der Waals surface area contributed by atoms with Gasteiger partial charge >= 0.3 is 0 Å². The number of aliphatic hydroxyl groups is 6. The number of aliphatic hydroxyl groups excluding tert-OH is 6. The predicted molar refractivity (Wildman–Crippen MR) is 125 cm³/mol. The third kappa shape index (κ3) is 5.86. The van der Waals surface area contributed by atoms with Gasteiger partial charge in [0.15, 0.2) is 0 Å². The molecule has 176 valence electrons. The molecular weight excluding hydrogens is 420 g/mol. The highest BCUT2D eigenvalue weighted by molar-refractivity contribution is 5.27. The Hall–Kier alpha value is -2.58. The Balaban J connectivity index is 2.07. The summed E-state index contributed by atoms with van der Waals surface area (Å²) in [5.41, 5.74) is 1.44. The summed E-state index contributed by atoms with van der Waals surface area (Å²) in [6.45, 7) is 1.38. The summed E-state index contributed by atoms with van der Waals surface area (Å²) in [4.78, 5) is 0. The van der Waals surface area contributed by atoms with Crippen LogP contribution in [0.2, 0.25) is 0 Å². The minimum atomic E-state index is -1.56. The van der Waals surface area contributed by atoms with Crippen molar-refractivity contribution in [1.29, 1.82) is 0 Å². The first-order chi connectivity index (χ1) is 15.8. The minimum absolute atomic E-state index is 0.428. The maximum Gasteiger partial charge on any atom is 0.105 e. The van der Waals surface area contributed by atoms with Crippen LogP contribution in [-0.2, 0) is 0 Å². The fraction of sp³-hybridized carbons (Fsp3) is 0.333. The van der Waals surface area contributed by atoms with Crippen molar-refractivity contribution in [1.82, 2.24) is 0 Å². The van der Waals surface area contributed by atoms with E-state index in [0.29, 0.717) is 16.7 Å². The molecular formula is C27H32O6. The van der Waals surface area contributed by atoms with E-state index in [4.69, 9.17) is 0 Å². The summed E-state index contributed by atoms with van der Waals surface area (Å²) in [6, 6.07) is 25.8. The van der Waals surface area contributed by atoms with E-state index in [1.165, 1.54) is 6.92 Å². The van der Waals surface area contributed by atoms with Crippen LogP contribution >= 0.6 is 0 Å². The van der Waals surface area contributed by atoms with Crippen LogP contribution in [0.3, 0.4) is 0 Å². The molecule has 0 spiro atoms. The van der Waals surface area contributed by atoms with Crippen molar-refractivity contribution in [2.75, 3.05) is 0 Å². The molecule has 0 radical (unpaired) electrons. The Morgan fingerprint density at radius 2 is 0.818 bits per heavy atom. The molecule has 3 aromatic carbocycles. The molecule has 0 fully saturated rings. The van der Waals surface area contributed by atoms with Gasteiger partial charge in [-0.25, -0.2) is 0 Å². The molecule has 6 heteroatoms. The Kier molecular flexibility index (Phi) is 8.74.